The summed E-state index contributed by atoms with van der Waals surface area (Å²) in [6, 6.07) is 7.45. The van der Waals surface area contributed by atoms with Gasteiger partial charge in [-0.15, -0.1) is 0 Å². The highest BCUT2D eigenvalue weighted by Crippen LogP contribution is 2.50. The second-order valence-electron chi connectivity index (χ2n) is 6.73. The van der Waals surface area contributed by atoms with Crippen LogP contribution in [0.25, 0.3) is 0 Å². The molecule has 3 N–H and O–H groups in total. The molecule has 2 fully saturated rings. The number of amides is 1. The van der Waals surface area contributed by atoms with Crippen molar-refractivity contribution in [2.45, 2.75) is 44.8 Å². The van der Waals surface area contributed by atoms with E-state index in [9.17, 15) is 9.90 Å². The van der Waals surface area contributed by atoms with E-state index in [-0.39, 0.29) is 23.5 Å². The van der Waals surface area contributed by atoms with Crippen LogP contribution in [0.5, 0.6) is 0 Å². The summed E-state index contributed by atoms with van der Waals surface area (Å²) in [5.74, 6) is 0.145. The molecular weight excluding hydrogens is 292 g/mol. The van der Waals surface area contributed by atoms with Gasteiger partial charge in [-0.3, -0.25) is 4.79 Å². The summed E-state index contributed by atoms with van der Waals surface area (Å²) >= 11 is 0. The molecule has 1 aromatic carbocycles. The number of anilines is 1. The molecule has 126 valence electrons. The number of rotatable bonds is 4. The smallest absolute Gasteiger partial charge is 0.226 e. The average molecular weight is 318 g/mol. The van der Waals surface area contributed by atoms with Gasteiger partial charge in [0.2, 0.25) is 5.91 Å². The summed E-state index contributed by atoms with van der Waals surface area (Å²) in [7, 11) is 0. The molecule has 23 heavy (non-hydrogen) atoms. The van der Waals surface area contributed by atoms with Crippen molar-refractivity contribution in [1.29, 1.82) is 0 Å². The van der Waals surface area contributed by atoms with Crippen LogP contribution in [-0.4, -0.2) is 47.8 Å². The molecule has 1 aliphatic carbocycles. The SMILES string of the molecule is CCOC1CC(O)C12CCN(C(=O)Cc1ccc(N)cc1)CC2. The monoisotopic (exact) mass is 318 g/mol. The Kier molecular flexibility index (Phi) is 4.60. The first-order valence-electron chi connectivity index (χ1n) is 8.47. The van der Waals surface area contributed by atoms with Gasteiger partial charge in [-0.1, -0.05) is 12.1 Å². The fourth-order valence-electron chi connectivity index (χ4n) is 3.91. The topological polar surface area (TPSA) is 75.8 Å². The van der Waals surface area contributed by atoms with E-state index in [2.05, 4.69) is 0 Å². The molecule has 1 spiro atoms. The molecule has 2 unspecified atom stereocenters. The van der Waals surface area contributed by atoms with Gasteiger partial charge < -0.3 is 20.5 Å². The highest BCUT2D eigenvalue weighted by Gasteiger charge is 2.56. The number of hydrogen-bond donors (Lipinski definition) is 2. The minimum absolute atomic E-state index is 0.131. The molecular formula is C18H26N2O3. The quantitative estimate of drug-likeness (QED) is 0.827. The molecule has 1 heterocycles. The van der Waals surface area contributed by atoms with Gasteiger partial charge in [-0.05, 0) is 37.5 Å². The fraction of sp³-hybridized carbons (Fsp3) is 0.611. The van der Waals surface area contributed by atoms with Crippen LogP contribution in [-0.2, 0) is 16.0 Å². The van der Waals surface area contributed by atoms with Gasteiger partial charge in [0.1, 0.15) is 0 Å². The summed E-state index contributed by atoms with van der Waals surface area (Å²) in [5, 5.41) is 10.2. The van der Waals surface area contributed by atoms with Crippen LogP contribution in [0, 0.1) is 5.41 Å². The Morgan fingerprint density at radius 3 is 2.57 bits per heavy atom. The predicted octanol–water partition coefficient (Wildman–Crippen LogP) is 1.59. The summed E-state index contributed by atoms with van der Waals surface area (Å²) < 4.78 is 5.77. The second-order valence-corrected chi connectivity index (χ2v) is 6.73. The van der Waals surface area contributed by atoms with Gasteiger partial charge in [-0.25, -0.2) is 0 Å². The number of piperidine rings is 1. The maximum Gasteiger partial charge on any atom is 0.226 e. The predicted molar refractivity (Wildman–Crippen MR) is 88.8 cm³/mol. The lowest BCUT2D eigenvalue weighted by Gasteiger charge is -2.56. The molecule has 5 nitrogen and oxygen atoms in total. The van der Waals surface area contributed by atoms with Crippen molar-refractivity contribution >= 4 is 11.6 Å². The molecule has 0 bridgehead atoms. The minimum atomic E-state index is -0.284. The number of carbonyl (C=O) groups excluding carboxylic acids is 1. The number of benzene rings is 1. The van der Waals surface area contributed by atoms with Crippen LogP contribution >= 0.6 is 0 Å². The van der Waals surface area contributed by atoms with Gasteiger partial charge in [0, 0.05) is 37.2 Å². The first-order valence-corrected chi connectivity index (χ1v) is 8.47. The standard InChI is InChI=1S/C18H26N2O3/c1-2-23-16-12-15(21)18(16)7-9-20(10-8-18)17(22)11-13-3-5-14(19)6-4-13/h3-6,15-16,21H,2,7-12,19H2,1H3. The highest BCUT2D eigenvalue weighted by atomic mass is 16.5. The fourth-order valence-corrected chi connectivity index (χ4v) is 3.91. The van der Waals surface area contributed by atoms with E-state index >= 15 is 0 Å². The second kappa shape index (κ2) is 6.49. The van der Waals surface area contributed by atoms with Crippen LogP contribution in [0.1, 0.15) is 31.7 Å². The zero-order chi connectivity index (χ0) is 16.4. The van der Waals surface area contributed by atoms with E-state index in [4.69, 9.17) is 10.5 Å². The largest absolute Gasteiger partial charge is 0.399 e. The lowest BCUT2D eigenvalue weighted by atomic mass is 9.58. The van der Waals surface area contributed by atoms with Crippen molar-refractivity contribution in [3.8, 4) is 0 Å². The molecule has 1 saturated carbocycles. The molecule has 0 radical (unpaired) electrons. The third-order valence-corrected chi connectivity index (χ3v) is 5.49. The summed E-state index contributed by atoms with van der Waals surface area (Å²) in [6.07, 6.45) is 2.65. The van der Waals surface area contributed by atoms with Crippen LogP contribution in [0.4, 0.5) is 5.69 Å². The van der Waals surface area contributed by atoms with Crippen molar-refractivity contribution in [3.05, 3.63) is 29.8 Å². The molecule has 1 amide bonds. The van der Waals surface area contributed by atoms with Crippen molar-refractivity contribution in [3.63, 3.8) is 0 Å². The number of carbonyl (C=O) groups is 1. The Balaban J connectivity index is 1.56. The van der Waals surface area contributed by atoms with Crippen molar-refractivity contribution < 1.29 is 14.6 Å². The first-order chi connectivity index (χ1) is 11.0. The van der Waals surface area contributed by atoms with Crippen LogP contribution in [0.2, 0.25) is 0 Å². The molecule has 1 saturated heterocycles. The Morgan fingerprint density at radius 1 is 1.35 bits per heavy atom. The molecule has 1 aromatic rings. The van der Waals surface area contributed by atoms with Crippen LogP contribution < -0.4 is 5.73 Å². The van der Waals surface area contributed by atoms with E-state index in [1.807, 2.05) is 36.1 Å². The number of nitrogens with zero attached hydrogens (tertiary/aromatic N) is 1. The van der Waals surface area contributed by atoms with Crippen molar-refractivity contribution in [2.24, 2.45) is 5.41 Å². The molecule has 1 aliphatic heterocycles. The van der Waals surface area contributed by atoms with Crippen molar-refractivity contribution in [2.75, 3.05) is 25.4 Å². The first kappa shape index (κ1) is 16.3. The number of nitrogens with two attached hydrogens (primary N) is 1. The maximum absolute atomic E-state index is 12.5. The van der Waals surface area contributed by atoms with Gasteiger partial charge >= 0.3 is 0 Å². The normalized spacial score (nSPS) is 26.1. The third kappa shape index (κ3) is 3.08. The number of aliphatic hydroxyl groups excluding tert-OH is 1. The van der Waals surface area contributed by atoms with Gasteiger partial charge in [0.05, 0.1) is 18.6 Å². The molecule has 3 rings (SSSR count). The number of aliphatic hydroxyl groups is 1. The molecule has 5 heteroatoms. The van der Waals surface area contributed by atoms with Gasteiger partial charge in [0.15, 0.2) is 0 Å². The Labute approximate surface area is 137 Å². The molecule has 0 aromatic heterocycles. The summed E-state index contributed by atoms with van der Waals surface area (Å²) in [4.78, 5) is 14.4. The van der Waals surface area contributed by atoms with Crippen LogP contribution in [0.15, 0.2) is 24.3 Å². The lowest BCUT2D eigenvalue weighted by Crippen LogP contribution is -2.62. The van der Waals surface area contributed by atoms with Crippen molar-refractivity contribution in [1.82, 2.24) is 4.90 Å². The van der Waals surface area contributed by atoms with E-state index in [1.165, 1.54) is 0 Å². The lowest BCUT2D eigenvalue weighted by molar-refractivity contribution is -0.210. The van der Waals surface area contributed by atoms with Gasteiger partial charge in [-0.2, -0.15) is 0 Å². The highest BCUT2D eigenvalue weighted by molar-refractivity contribution is 5.79. The zero-order valence-electron chi connectivity index (χ0n) is 13.7. The Morgan fingerprint density at radius 2 is 2.00 bits per heavy atom. The zero-order valence-corrected chi connectivity index (χ0v) is 13.7. The van der Waals surface area contributed by atoms with E-state index in [0.717, 1.165) is 24.8 Å². The van der Waals surface area contributed by atoms with E-state index < -0.39 is 0 Å². The van der Waals surface area contributed by atoms with E-state index in [0.29, 0.717) is 31.8 Å². The maximum atomic E-state index is 12.5. The Hall–Kier alpha value is -1.59. The van der Waals surface area contributed by atoms with Crippen LogP contribution in [0.3, 0.4) is 0 Å². The number of likely N-dealkylation sites (tertiary alicyclic amines) is 1. The minimum Gasteiger partial charge on any atom is -0.399 e. The Bertz CT molecular complexity index is 548. The summed E-state index contributed by atoms with van der Waals surface area (Å²) in [5.41, 5.74) is 7.24. The third-order valence-electron chi connectivity index (χ3n) is 5.49. The molecule has 2 aliphatic rings. The number of hydrogen-bond acceptors (Lipinski definition) is 4. The molecule has 2 atom stereocenters. The van der Waals surface area contributed by atoms with Gasteiger partial charge in [0.25, 0.3) is 0 Å². The number of ether oxygens (including phenoxy) is 1. The number of nitrogen functional groups attached to an aromatic ring is 1. The van der Waals surface area contributed by atoms with E-state index in [1.54, 1.807) is 0 Å². The summed E-state index contributed by atoms with van der Waals surface area (Å²) in [6.45, 7) is 4.07. The average Bonchev–Trinajstić information content (AvgIpc) is 2.57.